The van der Waals surface area contributed by atoms with Gasteiger partial charge in [0.15, 0.2) is 0 Å². The van der Waals surface area contributed by atoms with E-state index in [1.807, 2.05) is 19.1 Å². The zero-order valence-electron chi connectivity index (χ0n) is 14.3. The van der Waals surface area contributed by atoms with Crippen molar-refractivity contribution in [2.24, 2.45) is 0 Å². The first kappa shape index (κ1) is 17.4. The number of sulfone groups is 1. The van der Waals surface area contributed by atoms with Crippen LogP contribution in [0, 0.1) is 0 Å². The lowest BCUT2D eigenvalue weighted by atomic mass is 9.99. The van der Waals surface area contributed by atoms with Gasteiger partial charge in [-0.3, -0.25) is 9.69 Å². The van der Waals surface area contributed by atoms with Crippen LogP contribution in [0.2, 0.25) is 0 Å². The van der Waals surface area contributed by atoms with Gasteiger partial charge in [-0.25, -0.2) is 8.42 Å². The molecule has 1 saturated carbocycles. The summed E-state index contributed by atoms with van der Waals surface area (Å²) in [5, 5.41) is -0.368. The number of carbonyl (C=O) groups is 1. The lowest BCUT2D eigenvalue weighted by molar-refractivity contribution is -0.155. The average Bonchev–Trinajstić information content (AvgIpc) is 3.02. The fourth-order valence-corrected chi connectivity index (χ4v) is 4.79. The number of benzene rings is 1. The van der Waals surface area contributed by atoms with Crippen molar-refractivity contribution < 1.29 is 17.9 Å². The minimum absolute atomic E-state index is 0.242. The fourth-order valence-electron chi connectivity index (χ4n) is 3.66. The molecule has 1 aliphatic carbocycles. The van der Waals surface area contributed by atoms with E-state index in [-0.39, 0.29) is 23.4 Å². The number of hydrogen-bond donors (Lipinski definition) is 0. The number of ether oxygens (including phenoxy) is 1. The Kier molecular flexibility index (Phi) is 4.97. The number of fused-ring (bicyclic) bond motifs is 1. The Labute approximate surface area is 143 Å². The highest BCUT2D eigenvalue weighted by molar-refractivity contribution is 7.91. The molecular formula is C18H25NO4S. The van der Waals surface area contributed by atoms with E-state index in [4.69, 9.17) is 4.74 Å². The Morgan fingerprint density at radius 3 is 2.62 bits per heavy atom. The highest BCUT2D eigenvalue weighted by atomic mass is 32.2. The quantitative estimate of drug-likeness (QED) is 0.776. The van der Waals surface area contributed by atoms with Crippen molar-refractivity contribution in [1.29, 1.82) is 0 Å². The molecule has 1 aromatic rings. The van der Waals surface area contributed by atoms with Crippen LogP contribution in [0.5, 0.6) is 0 Å². The maximum Gasteiger partial charge on any atom is 0.323 e. The summed E-state index contributed by atoms with van der Waals surface area (Å²) in [6.45, 7) is 3.46. The molecular weight excluding hydrogens is 326 g/mol. The third-order valence-corrected chi connectivity index (χ3v) is 6.91. The molecule has 1 aliphatic heterocycles. The Morgan fingerprint density at radius 1 is 1.25 bits per heavy atom. The third-order valence-electron chi connectivity index (χ3n) is 5.27. The van der Waals surface area contributed by atoms with Gasteiger partial charge in [0.25, 0.3) is 0 Å². The van der Waals surface area contributed by atoms with Gasteiger partial charge in [-0.2, -0.15) is 0 Å². The van der Waals surface area contributed by atoms with Crippen LogP contribution in [0.4, 0.5) is 0 Å². The van der Waals surface area contributed by atoms with Gasteiger partial charge in [0, 0.05) is 25.8 Å². The predicted octanol–water partition coefficient (Wildman–Crippen LogP) is 1.94. The molecule has 0 bridgehead atoms. The number of rotatable bonds is 4. The summed E-state index contributed by atoms with van der Waals surface area (Å²) in [7, 11) is -3.05. The first-order valence-electron chi connectivity index (χ1n) is 8.55. The minimum Gasteiger partial charge on any atom is -0.461 e. The van der Waals surface area contributed by atoms with E-state index in [1.165, 1.54) is 17.4 Å². The second-order valence-electron chi connectivity index (χ2n) is 6.99. The van der Waals surface area contributed by atoms with Gasteiger partial charge >= 0.3 is 5.97 Å². The molecule has 0 N–H and O–H groups in total. The lowest BCUT2D eigenvalue weighted by Crippen LogP contribution is -2.43. The molecule has 24 heavy (non-hydrogen) atoms. The maximum absolute atomic E-state index is 12.5. The predicted molar refractivity (Wildman–Crippen MR) is 92.4 cm³/mol. The van der Waals surface area contributed by atoms with Crippen LogP contribution in [0.15, 0.2) is 24.3 Å². The van der Waals surface area contributed by atoms with Crippen molar-refractivity contribution in [2.75, 3.05) is 12.8 Å². The molecule has 132 valence electrons. The lowest BCUT2D eigenvalue weighted by Gasteiger charge is -2.32. The summed E-state index contributed by atoms with van der Waals surface area (Å²) < 4.78 is 28.8. The van der Waals surface area contributed by atoms with Crippen molar-refractivity contribution in [1.82, 2.24) is 4.90 Å². The topological polar surface area (TPSA) is 63.7 Å². The van der Waals surface area contributed by atoms with E-state index in [0.29, 0.717) is 19.3 Å². The molecule has 0 unspecified atom stereocenters. The van der Waals surface area contributed by atoms with Crippen LogP contribution in [0.3, 0.4) is 0 Å². The third kappa shape index (κ3) is 3.81. The van der Waals surface area contributed by atoms with Gasteiger partial charge in [0.2, 0.25) is 0 Å². The van der Waals surface area contributed by atoms with E-state index in [1.54, 1.807) is 0 Å². The molecule has 2 aliphatic rings. The first-order chi connectivity index (χ1) is 11.3. The Morgan fingerprint density at radius 2 is 1.96 bits per heavy atom. The number of carbonyl (C=O) groups excluding carboxylic acids is 1. The minimum atomic E-state index is -3.05. The number of nitrogens with zero attached hydrogens (tertiary/aromatic N) is 1. The SMILES string of the molecule is C[C@H](C(=O)O[C@H]1CC[C@@H](S(C)(=O)=O)C1)N1CCc2ccccc2C1. The second kappa shape index (κ2) is 6.84. The van der Waals surface area contributed by atoms with E-state index in [0.717, 1.165) is 19.5 Å². The van der Waals surface area contributed by atoms with Crippen molar-refractivity contribution in [3.63, 3.8) is 0 Å². The molecule has 0 spiro atoms. The zero-order valence-corrected chi connectivity index (χ0v) is 15.1. The van der Waals surface area contributed by atoms with Gasteiger partial charge in [0.1, 0.15) is 22.0 Å². The second-order valence-corrected chi connectivity index (χ2v) is 9.31. The Balaban J connectivity index is 1.56. The molecule has 0 saturated heterocycles. The standard InChI is InChI=1S/C18H25NO4S/c1-13(19-10-9-14-5-3-4-6-15(14)12-19)18(20)23-16-7-8-17(11-16)24(2,21)22/h3-6,13,16-17H,7-12H2,1-2H3/t13-,16+,17-/m1/s1. The average molecular weight is 351 g/mol. The summed E-state index contributed by atoms with van der Waals surface area (Å²) in [5.41, 5.74) is 2.61. The monoisotopic (exact) mass is 351 g/mol. The highest BCUT2D eigenvalue weighted by Gasteiger charge is 2.35. The Hall–Kier alpha value is -1.40. The van der Waals surface area contributed by atoms with Gasteiger partial charge in [0.05, 0.1) is 5.25 Å². The van der Waals surface area contributed by atoms with Crippen LogP contribution in [0.1, 0.15) is 37.3 Å². The van der Waals surface area contributed by atoms with Gasteiger partial charge in [-0.1, -0.05) is 24.3 Å². The van der Waals surface area contributed by atoms with Crippen molar-refractivity contribution in [3.05, 3.63) is 35.4 Å². The normalized spacial score (nSPS) is 25.9. The smallest absolute Gasteiger partial charge is 0.323 e. The number of esters is 1. The highest BCUT2D eigenvalue weighted by Crippen LogP contribution is 2.28. The van der Waals surface area contributed by atoms with Crippen LogP contribution in [0.25, 0.3) is 0 Å². The summed E-state index contributed by atoms with van der Waals surface area (Å²) in [5.74, 6) is -0.242. The van der Waals surface area contributed by atoms with E-state index in [2.05, 4.69) is 17.0 Å². The summed E-state index contributed by atoms with van der Waals surface area (Å²) in [6, 6.07) is 8.00. The van der Waals surface area contributed by atoms with Gasteiger partial charge in [-0.05, 0) is 37.3 Å². The van der Waals surface area contributed by atoms with Crippen molar-refractivity contribution in [3.8, 4) is 0 Å². The van der Waals surface area contributed by atoms with Gasteiger partial charge in [-0.15, -0.1) is 0 Å². The summed E-state index contributed by atoms with van der Waals surface area (Å²) in [6.07, 6.45) is 3.58. The number of hydrogen-bond acceptors (Lipinski definition) is 5. The van der Waals surface area contributed by atoms with Gasteiger partial charge < -0.3 is 4.74 Å². The molecule has 6 heteroatoms. The molecule has 3 rings (SSSR count). The largest absolute Gasteiger partial charge is 0.461 e. The van der Waals surface area contributed by atoms with Crippen LogP contribution in [-0.2, 0) is 32.3 Å². The molecule has 5 nitrogen and oxygen atoms in total. The van der Waals surface area contributed by atoms with Crippen LogP contribution < -0.4 is 0 Å². The Bertz CT molecular complexity index is 715. The summed E-state index contributed by atoms with van der Waals surface area (Å²) in [4.78, 5) is 14.6. The molecule has 1 heterocycles. The molecule has 0 radical (unpaired) electrons. The van der Waals surface area contributed by atoms with Crippen molar-refractivity contribution in [2.45, 2.75) is 56.5 Å². The van der Waals surface area contributed by atoms with E-state index in [9.17, 15) is 13.2 Å². The van der Waals surface area contributed by atoms with Crippen LogP contribution >= 0.6 is 0 Å². The molecule has 1 fully saturated rings. The molecule has 0 amide bonds. The first-order valence-corrected chi connectivity index (χ1v) is 10.5. The molecule has 0 aromatic heterocycles. The van der Waals surface area contributed by atoms with E-state index < -0.39 is 9.84 Å². The zero-order chi connectivity index (χ0) is 17.3. The van der Waals surface area contributed by atoms with E-state index >= 15 is 0 Å². The van der Waals surface area contributed by atoms with Crippen molar-refractivity contribution >= 4 is 15.8 Å². The molecule has 3 atom stereocenters. The maximum atomic E-state index is 12.5. The van der Waals surface area contributed by atoms with Crippen LogP contribution in [-0.4, -0.2) is 49.5 Å². The fraction of sp³-hybridized carbons (Fsp3) is 0.611. The molecule has 1 aromatic carbocycles. The summed E-state index contributed by atoms with van der Waals surface area (Å²) >= 11 is 0.